The van der Waals surface area contributed by atoms with Crippen LogP contribution in [0.25, 0.3) is 0 Å². The number of hydrogen-bond donors (Lipinski definition) is 1. The van der Waals surface area contributed by atoms with Crippen LogP contribution >= 0.6 is 0 Å². The molecule has 10 nitrogen and oxygen atoms in total. The van der Waals surface area contributed by atoms with E-state index in [-0.39, 0.29) is 48.2 Å². The zero-order chi connectivity index (χ0) is 15.8. The summed E-state index contributed by atoms with van der Waals surface area (Å²) in [6.45, 7) is 0.979. The fourth-order valence-electron chi connectivity index (χ4n) is 2.02. The third-order valence-corrected chi connectivity index (χ3v) is 4.57. The molecule has 12 heteroatoms. The predicted molar refractivity (Wildman–Crippen MR) is 62.2 cm³/mol. The van der Waals surface area contributed by atoms with Crippen molar-refractivity contribution in [2.45, 2.75) is 31.5 Å². The molecule has 2 atom stereocenters. The second-order valence-electron chi connectivity index (χ2n) is 4.55. The van der Waals surface area contributed by atoms with Gasteiger partial charge in [0, 0.05) is 6.42 Å². The van der Waals surface area contributed by atoms with Crippen LogP contribution in [0, 0.1) is 0 Å². The number of cyclic esters (lactones) is 1. The molecule has 1 N–H and O–H groups in total. The number of esters is 1. The van der Waals surface area contributed by atoms with Crippen LogP contribution in [0.3, 0.4) is 0 Å². The Balaban J connectivity index is 0.00000242. The molecule has 0 spiro atoms. The Kier molecular flexibility index (Phi) is 5.98. The first kappa shape index (κ1) is 19.3. The van der Waals surface area contributed by atoms with Crippen LogP contribution in [-0.4, -0.2) is 55.5 Å². The van der Waals surface area contributed by atoms with E-state index in [1.54, 1.807) is 0 Å². The Bertz CT molecular complexity index is 594. The Morgan fingerprint density at radius 3 is 2.59 bits per heavy atom. The minimum absolute atomic E-state index is 0. The van der Waals surface area contributed by atoms with Crippen molar-refractivity contribution in [3.8, 4) is 0 Å². The molecular weight excluding hydrogens is 331 g/mol. The molecule has 1 unspecified atom stereocenters. The summed E-state index contributed by atoms with van der Waals surface area (Å²) in [6.07, 6.45) is -0.542. The predicted octanol–water partition coefficient (Wildman–Crippen LogP) is -6.14. The van der Waals surface area contributed by atoms with Crippen LogP contribution < -0.4 is 39.4 Å². The van der Waals surface area contributed by atoms with Crippen molar-refractivity contribution in [1.82, 2.24) is 9.79 Å². The van der Waals surface area contributed by atoms with Crippen LogP contribution in [0.2, 0.25) is 0 Å². The first-order valence-electron chi connectivity index (χ1n) is 6.12. The van der Waals surface area contributed by atoms with Crippen molar-refractivity contribution >= 4 is 27.9 Å². The molecule has 1 amide bonds. The number of hydroxylamine groups is 2. The van der Waals surface area contributed by atoms with Crippen molar-refractivity contribution in [1.29, 1.82) is 0 Å². The third kappa shape index (κ3) is 3.44. The number of carbonyl (C=O) groups excluding carboxylic acids is 3. The minimum Gasteiger partial charge on any atom is -0.544 e. The van der Waals surface area contributed by atoms with Crippen molar-refractivity contribution in [2.75, 3.05) is 12.4 Å². The number of carboxylic acids is 1. The van der Waals surface area contributed by atoms with Gasteiger partial charge in [-0.2, -0.15) is 5.06 Å². The quantitative estimate of drug-likeness (QED) is 0.383. The molecule has 0 bridgehead atoms. The Hall–Kier alpha value is -0.720. The molecule has 0 aliphatic carbocycles. The van der Waals surface area contributed by atoms with Crippen molar-refractivity contribution in [2.24, 2.45) is 0 Å². The Morgan fingerprint density at radius 2 is 2.14 bits per heavy atom. The van der Waals surface area contributed by atoms with Crippen molar-refractivity contribution in [3.05, 3.63) is 0 Å². The molecule has 2 saturated heterocycles. The SMILES string of the molecule is CCS(=O)(=O)N[C@H]1CON(C2(C(=O)[O-])CCC(=O)O2)C1=O.[Na+]. The Morgan fingerprint density at radius 1 is 1.50 bits per heavy atom. The number of rotatable bonds is 5. The van der Waals surface area contributed by atoms with Crippen LogP contribution in [0.5, 0.6) is 0 Å². The number of nitrogens with zero attached hydrogens (tertiary/aromatic N) is 1. The van der Waals surface area contributed by atoms with Crippen LogP contribution in [0.15, 0.2) is 0 Å². The summed E-state index contributed by atoms with van der Waals surface area (Å²) in [7, 11) is -3.68. The van der Waals surface area contributed by atoms with Gasteiger partial charge in [-0.05, 0) is 6.92 Å². The Labute approximate surface area is 148 Å². The second kappa shape index (κ2) is 6.81. The van der Waals surface area contributed by atoms with Crippen molar-refractivity contribution < 1.29 is 67.0 Å². The maximum Gasteiger partial charge on any atom is 1.00 e. The van der Waals surface area contributed by atoms with Gasteiger partial charge in [-0.1, -0.05) is 0 Å². The van der Waals surface area contributed by atoms with E-state index in [1.807, 2.05) is 0 Å². The number of carbonyl (C=O) groups is 3. The van der Waals surface area contributed by atoms with Gasteiger partial charge < -0.3 is 14.6 Å². The molecule has 0 aromatic carbocycles. The number of amides is 1. The van der Waals surface area contributed by atoms with Crippen LogP contribution in [0.4, 0.5) is 0 Å². The van der Waals surface area contributed by atoms with Gasteiger partial charge in [-0.3, -0.25) is 14.4 Å². The van der Waals surface area contributed by atoms with E-state index in [2.05, 4.69) is 9.46 Å². The van der Waals surface area contributed by atoms with Gasteiger partial charge in [-0.15, -0.1) is 0 Å². The summed E-state index contributed by atoms with van der Waals surface area (Å²) in [5.41, 5.74) is -2.35. The molecule has 2 heterocycles. The first-order valence-corrected chi connectivity index (χ1v) is 7.77. The molecule has 2 aliphatic heterocycles. The average molecular weight is 344 g/mol. The van der Waals surface area contributed by atoms with Gasteiger partial charge in [0.05, 0.1) is 12.2 Å². The normalized spacial score (nSPS) is 28.4. The van der Waals surface area contributed by atoms with E-state index in [4.69, 9.17) is 4.84 Å². The summed E-state index contributed by atoms with van der Waals surface area (Å²) in [6, 6.07) is -1.27. The molecule has 0 aromatic heterocycles. The van der Waals surface area contributed by atoms with E-state index < -0.39 is 46.2 Å². The summed E-state index contributed by atoms with van der Waals surface area (Å²) in [5, 5.41) is 11.6. The second-order valence-corrected chi connectivity index (χ2v) is 6.59. The third-order valence-electron chi connectivity index (χ3n) is 3.17. The zero-order valence-corrected chi connectivity index (χ0v) is 14.8. The number of nitrogens with one attached hydrogen (secondary N) is 1. The minimum atomic E-state index is -3.68. The molecule has 0 radical (unpaired) electrons. The smallest absolute Gasteiger partial charge is 0.544 e. The summed E-state index contributed by atoms with van der Waals surface area (Å²) in [5.74, 6) is -3.82. The molecule has 22 heavy (non-hydrogen) atoms. The number of sulfonamides is 1. The molecule has 2 aliphatic rings. The molecule has 0 saturated carbocycles. The van der Waals surface area contributed by atoms with Gasteiger partial charge in [0.25, 0.3) is 11.6 Å². The van der Waals surface area contributed by atoms with Gasteiger partial charge in [0.15, 0.2) is 0 Å². The first-order chi connectivity index (χ1) is 9.72. The fraction of sp³-hybridized carbons (Fsp3) is 0.700. The van der Waals surface area contributed by atoms with E-state index in [9.17, 15) is 27.9 Å². The van der Waals surface area contributed by atoms with Gasteiger partial charge >= 0.3 is 35.5 Å². The maximum atomic E-state index is 12.1. The van der Waals surface area contributed by atoms with Gasteiger partial charge in [-0.25, -0.2) is 13.1 Å². The summed E-state index contributed by atoms with van der Waals surface area (Å²) < 4.78 is 29.6. The average Bonchev–Trinajstić information content (AvgIpc) is 2.95. The monoisotopic (exact) mass is 344 g/mol. The standard InChI is InChI=1S/C10H14N2O8S.Na/c1-2-21(17,18)11-6-5-19-12(8(6)14)10(9(15)16)4-3-7(13)20-10;/h6,11H,2-5H2,1H3,(H,15,16);/q;+1/p-1/t6-,10?;/m0./s1. The number of carboxylic acid groups (broad SMARTS) is 1. The van der Waals surface area contributed by atoms with Crippen LogP contribution in [0.1, 0.15) is 19.8 Å². The number of aliphatic carboxylic acids is 1. The molecule has 2 fully saturated rings. The van der Waals surface area contributed by atoms with Gasteiger partial charge in [0.2, 0.25) is 10.0 Å². The molecular formula is C10H13N2NaO8S. The van der Waals surface area contributed by atoms with E-state index in [0.29, 0.717) is 5.06 Å². The summed E-state index contributed by atoms with van der Waals surface area (Å²) in [4.78, 5) is 39.4. The number of ether oxygens (including phenoxy) is 1. The van der Waals surface area contributed by atoms with Crippen molar-refractivity contribution in [3.63, 3.8) is 0 Å². The fourth-order valence-corrected chi connectivity index (χ4v) is 2.79. The molecule has 2 rings (SSSR count). The zero-order valence-electron chi connectivity index (χ0n) is 12.0. The van der Waals surface area contributed by atoms with E-state index >= 15 is 0 Å². The van der Waals surface area contributed by atoms with Crippen LogP contribution in [-0.2, 0) is 34.0 Å². The number of hydrogen-bond acceptors (Lipinski definition) is 8. The molecule has 118 valence electrons. The van der Waals surface area contributed by atoms with E-state index in [1.165, 1.54) is 6.92 Å². The van der Waals surface area contributed by atoms with E-state index in [0.717, 1.165) is 0 Å². The summed E-state index contributed by atoms with van der Waals surface area (Å²) >= 11 is 0. The largest absolute Gasteiger partial charge is 1.00 e. The molecule has 0 aromatic rings. The van der Waals surface area contributed by atoms with Gasteiger partial charge in [0.1, 0.15) is 18.6 Å². The maximum absolute atomic E-state index is 12.1. The topological polar surface area (TPSA) is 142 Å².